The van der Waals surface area contributed by atoms with Crippen LogP contribution in [0.5, 0.6) is 5.88 Å². The lowest BCUT2D eigenvalue weighted by Gasteiger charge is -2.53. The first-order valence-electron chi connectivity index (χ1n) is 18.6. The number of aliphatic carboxylic acids is 3. The molecule has 0 aromatic carbocycles. The van der Waals surface area contributed by atoms with Crippen LogP contribution in [0.25, 0.3) is 22.3 Å². The van der Waals surface area contributed by atoms with Crippen LogP contribution in [0.2, 0.25) is 0 Å². The van der Waals surface area contributed by atoms with Crippen LogP contribution in [-0.4, -0.2) is 123 Å². The zero-order chi connectivity index (χ0) is 49.1. The van der Waals surface area contributed by atoms with E-state index in [9.17, 15) is 57.9 Å². The van der Waals surface area contributed by atoms with Gasteiger partial charge in [0.05, 0.1) is 30.1 Å². The molecule has 1 aliphatic heterocycles. The van der Waals surface area contributed by atoms with Crippen molar-refractivity contribution in [3.8, 4) is 23.2 Å². The van der Waals surface area contributed by atoms with E-state index in [1.54, 1.807) is 6.20 Å². The number of rotatable bonds is 10. The number of aromatic amines is 1. The number of carboxylic acids is 3. The largest absolute Gasteiger partial charge is 0.490 e. The maximum atomic E-state index is 13.5. The lowest BCUT2D eigenvalue weighted by Crippen LogP contribution is -2.65. The van der Waals surface area contributed by atoms with Crippen LogP contribution in [0.1, 0.15) is 57.5 Å². The normalized spacial score (nSPS) is 17.5. The molecule has 1 saturated heterocycles. The summed E-state index contributed by atoms with van der Waals surface area (Å²) in [5.41, 5.74) is 2.23. The molecule has 29 heteroatoms. The minimum Gasteiger partial charge on any atom is -0.475 e. The summed E-state index contributed by atoms with van der Waals surface area (Å²) in [6.45, 7) is 6.30. The Hall–Kier alpha value is -6.31. The Morgan fingerprint density at radius 3 is 1.95 bits per heavy atom. The van der Waals surface area contributed by atoms with E-state index in [4.69, 9.17) is 34.4 Å². The Balaban J connectivity index is 0.000000443. The summed E-state index contributed by atoms with van der Waals surface area (Å²) in [4.78, 5) is 48.3. The van der Waals surface area contributed by atoms with E-state index < -0.39 is 54.0 Å². The molecule has 0 amide bonds. The molecular weight excluding hydrogens is 912 g/mol. The number of fused-ring (bicyclic) bond motifs is 1. The minimum absolute atomic E-state index is 0.0378. The average molecular weight is 951 g/mol. The Morgan fingerprint density at radius 2 is 1.46 bits per heavy atom. The van der Waals surface area contributed by atoms with E-state index in [0.717, 1.165) is 35.1 Å². The van der Waals surface area contributed by atoms with Crippen LogP contribution < -0.4 is 10.1 Å². The molecule has 0 bridgehead atoms. The molecule has 5 N–H and O–H groups in total. The van der Waals surface area contributed by atoms with Crippen molar-refractivity contribution >= 4 is 28.9 Å². The van der Waals surface area contributed by atoms with E-state index in [-0.39, 0.29) is 24.2 Å². The number of alkyl halides is 12. The predicted octanol–water partition coefficient (Wildman–Crippen LogP) is 6.59. The summed E-state index contributed by atoms with van der Waals surface area (Å²) in [7, 11) is 0. The fraction of sp³-hybridized carbons (Fsp3) is 0.528. The number of halogens is 12. The number of hydrogen-bond donors (Lipinski definition) is 5. The standard InChI is InChI=1S/C30H35F3N10O.3C2HF3O2/c1-19(2)12-35-14-21-11-25(41-28(40-21)30(31,32)33)44-23-5-3-22(4-6-23)42-16-29(17-42,8-9-34)43-15-20(13-39-43)26-24-7-10-36-27(24)38-18-37-26;3*3-2(4,5)1(6)7/h7,10-11,13,15,18-19,22-23,35H,3-6,8,12,14,16-17H2,1-2H3,(H,36,37,38);3*(H,6,7)/t22-,23+;;;. The third kappa shape index (κ3) is 15.7. The monoisotopic (exact) mass is 950 g/mol. The van der Waals surface area contributed by atoms with Crippen LogP contribution in [0.4, 0.5) is 52.7 Å². The van der Waals surface area contributed by atoms with E-state index in [1.807, 2.05) is 37.0 Å². The van der Waals surface area contributed by atoms with E-state index >= 15 is 0 Å². The third-order valence-electron chi connectivity index (χ3n) is 9.14. The number of nitriles is 1. The molecule has 5 heterocycles. The second-order valence-corrected chi connectivity index (χ2v) is 14.6. The fourth-order valence-corrected chi connectivity index (χ4v) is 6.20. The first kappa shape index (κ1) is 53.0. The van der Waals surface area contributed by atoms with Crippen LogP contribution in [0.15, 0.2) is 37.1 Å². The number of nitrogens with zero attached hydrogens (tertiary/aromatic N) is 8. The Labute approximate surface area is 358 Å². The first-order valence-corrected chi connectivity index (χ1v) is 18.6. The van der Waals surface area contributed by atoms with Gasteiger partial charge in [0, 0.05) is 55.1 Å². The highest BCUT2D eigenvalue weighted by atomic mass is 19.4. The van der Waals surface area contributed by atoms with Gasteiger partial charge in [-0.15, -0.1) is 0 Å². The second kappa shape index (κ2) is 21.6. The number of hydrogen-bond acceptors (Lipinski definition) is 12. The number of carbonyl (C=O) groups is 3. The summed E-state index contributed by atoms with van der Waals surface area (Å²) in [5, 5.41) is 39.7. The van der Waals surface area contributed by atoms with Gasteiger partial charge in [-0.25, -0.2) is 29.3 Å². The quantitative estimate of drug-likeness (QED) is 0.105. The molecule has 1 aliphatic carbocycles. The van der Waals surface area contributed by atoms with Crippen molar-refractivity contribution in [1.82, 2.24) is 44.9 Å². The predicted molar refractivity (Wildman–Crippen MR) is 196 cm³/mol. The van der Waals surface area contributed by atoms with Gasteiger partial charge in [-0.05, 0) is 44.2 Å². The molecule has 17 nitrogen and oxygen atoms in total. The van der Waals surface area contributed by atoms with Gasteiger partial charge in [0.15, 0.2) is 0 Å². The number of nitrogens with one attached hydrogen (secondary N) is 2. The van der Waals surface area contributed by atoms with Gasteiger partial charge in [0.25, 0.3) is 0 Å². The number of aromatic nitrogens is 7. The van der Waals surface area contributed by atoms with Gasteiger partial charge in [0.2, 0.25) is 11.7 Å². The molecular formula is C36H38F12N10O7. The van der Waals surface area contributed by atoms with Crippen LogP contribution in [0.3, 0.4) is 0 Å². The highest BCUT2D eigenvalue weighted by Crippen LogP contribution is 2.39. The van der Waals surface area contributed by atoms with E-state index in [1.165, 1.54) is 12.4 Å². The van der Waals surface area contributed by atoms with Crippen LogP contribution >= 0.6 is 0 Å². The van der Waals surface area contributed by atoms with Gasteiger partial charge in [-0.3, -0.25) is 9.58 Å². The molecule has 0 radical (unpaired) electrons. The number of carboxylic acid groups (broad SMARTS) is 3. The van der Waals surface area contributed by atoms with Crippen LogP contribution in [-0.2, 0) is 32.6 Å². The summed E-state index contributed by atoms with van der Waals surface area (Å²) in [5.74, 6) is -9.13. The number of H-pyrrole nitrogens is 1. The summed E-state index contributed by atoms with van der Waals surface area (Å²) < 4.78 is 144. The zero-order valence-electron chi connectivity index (χ0n) is 33.6. The molecule has 4 aromatic heterocycles. The maximum absolute atomic E-state index is 13.5. The summed E-state index contributed by atoms with van der Waals surface area (Å²) in [6, 6.07) is 6.07. The minimum atomic E-state index is -5.08. The topological polar surface area (TPSA) is 245 Å². The zero-order valence-corrected chi connectivity index (χ0v) is 33.6. The molecule has 65 heavy (non-hydrogen) atoms. The first-order chi connectivity index (χ1) is 30.0. The van der Waals surface area contributed by atoms with Gasteiger partial charge < -0.3 is 30.4 Å². The number of ether oxygens (including phenoxy) is 1. The maximum Gasteiger partial charge on any atom is 0.490 e. The van der Waals surface area contributed by atoms with Crippen molar-refractivity contribution in [3.05, 3.63) is 48.6 Å². The van der Waals surface area contributed by atoms with Crippen molar-refractivity contribution in [2.24, 2.45) is 5.92 Å². The molecule has 0 spiro atoms. The fourth-order valence-electron chi connectivity index (χ4n) is 6.20. The molecule has 2 fully saturated rings. The molecule has 358 valence electrons. The Kier molecular flexibility index (Phi) is 17.6. The van der Waals surface area contributed by atoms with Crippen molar-refractivity contribution in [2.75, 3.05) is 19.6 Å². The van der Waals surface area contributed by atoms with Gasteiger partial charge in [-0.1, -0.05) is 13.8 Å². The van der Waals surface area contributed by atoms with E-state index in [0.29, 0.717) is 50.9 Å². The Morgan fingerprint density at radius 1 is 0.908 bits per heavy atom. The van der Waals surface area contributed by atoms with Crippen molar-refractivity contribution < 1.29 is 87.1 Å². The molecule has 0 atom stereocenters. The van der Waals surface area contributed by atoms with Crippen molar-refractivity contribution in [2.45, 2.75) is 94.9 Å². The molecule has 1 saturated carbocycles. The van der Waals surface area contributed by atoms with Gasteiger partial charge in [-0.2, -0.15) is 68.0 Å². The third-order valence-corrected chi connectivity index (χ3v) is 9.14. The number of likely N-dealkylation sites (tertiary alicyclic amines) is 1. The van der Waals surface area contributed by atoms with Crippen molar-refractivity contribution in [3.63, 3.8) is 0 Å². The lowest BCUT2D eigenvalue weighted by molar-refractivity contribution is -0.193. The lowest BCUT2D eigenvalue weighted by atomic mass is 9.82. The average Bonchev–Trinajstić information content (AvgIpc) is 3.87. The van der Waals surface area contributed by atoms with Crippen molar-refractivity contribution in [1.29, 1.82) is 5.26 Å². The molecule has 0 unspecified atom stereocenters. The SMILES string of the molecule is CC(C)CNCc1cc(O[C@H]2CC[C@@H](N3CC(CC#N)(n4cc(-c5ncnc6[nH]ccc56)cn4)C3)CC2)nc(C(F)(F)F)n1.O=C(O)C(F)(F)F.O=C(O)C(F)(F)F.O=C(O)C(F)(F)F. The Bertz CT molecular complexity index is 2200. The highest BCUT2D eigenvalue weighted by molar-refractivity contribution is 5.90. The molecule has 6 rings (SSSR count). The smallest absolute Gasteiger partial charge is 0.475 e. The van der Waals surface area contributed by atoms with E-state index in [2.05, 4.69) is 46.3 Å². The summed E-state index contributed by atoms with van der Waals surface area (Å²) >= 11 is 0. The second-order valence-electron chi connectivity index (χ2n) is 14.6. The molecule has 2 aliphatic rings. The highest BCUT2D eigenvalue weighted by Gasteiger charge is 2.48. The van der Waals surface area contributed by atoms with Gasteiger partial charge >= 0.3 is 42.6 Å². The molecule has 4 aromatic rings. The van der Waals surface area contributed by atoms with Gasteiger partial charge in [0.1, 0.15) is 23.6 Å². The van der Waals surface area contributed by atoms with Crippen LogP contribution in [0, 0.1) is 17.2 Å². The summed E-state index contributed by atoms with van der Waals surface area (Å²) in [6.07, 6.45) is -9.65.